The van der Waals surface area contributed by atoms with Crippen molar-refractivity contribution in [2.45, 2.75) is 25.8 Å². The quantitative estimate of drug-likeness (QED) is 0.856. The molecular weight excluding hydrogens is 282 g/mol. The maximum Gasteiger partial charge on any atom is 0.229 e. The number of likely N-dealkylation sites (tertiary alicyclic amines) is 2. The van der Waals surface area contributed by atoms with Crippen LogP contribution in [-0.4, -0.2) is 64.3 Å². The van der Waals surface area contributed by atoms with Crippen molar-refractivity contribution >= 4 is 17.5 Å². The maximum absolute atomic E-state index is 12.3. The summed E-state index contributed by atoms with van der Waals surface area (Å²) in [5, 5.41) is 2.81. The molecule has 2 amide bonds. The fraction of sp³-hybridized carbons (Fsp3) is 0.600. The summed E-state index contributed by atoms with van der Waals surface area (Å²) >= 11 is 0. The van der Waals surface area contributed by atoms with E-state index in [0.717, 1.165) is 25.3 Å². The van der Waals surface area contributed by atoms with Gasteiger partial charge in [-0.1, -0.05) is 6.92 Å². The third-order valence-corrected chi connectivity index (χ3v) is 4.30. The first-order valence-electron chi connectivity index (χ1n) is 7.66. The number of rotatable bonds is 4. The smallest absolute Gasteiger partial charge is 0.229 e. The molecule has 1 aromatic rings. The molecule has 7 heteroatoms. The van der Waals surface area contributed by atoms with E-state index in [4.69, 9.17) is 0 Å². The highest BCUT2D eigenvalue weighted by molar-refractivity contribution is 5.97. The van der Waals surface area contributed by atoms with Gasteiger partial charge in [-0.25, -0.2) is 9.97 Å². The molecular formula is C15H21N5O2. The number of anilines is 1. The topological polar surface area (TPSA) is 78.4 Å². The van der Waals surface area contributed by atoms with Gasteiger partial charge in [0.2, 0.25) is 11.8 Å². The summed E-state index contributed by atoms with van der Waals surface area (Å²) in [5.74, 6) is 0.408. The van der Waals surface area contributed by atoms with E-state index < -0.39 is 0 Å². The Labute approximate surface area is 129 Å². The van der Waals surface area contributed by atoms with Gasteiger partial charge in [0.05, 0.1) is 30.0 Å². The summed E-state index contributed by atoms with van der Waals surface area (Å²) in [4.78, 5) is 36.7. The van der Waals surface area contributed by atoms with Crippen molar-refractivity contribution in [3.8, 4) is 0 Å². The number of aromatic nitrogens is 2. The van der Waals surface area contributed by atoms with Crippen LogP contribution in [0.15, 0.2) is 12.4 Å². The van der Waals surface area contributed by atoms with Crippen molar-refractivity contribution < 1.29 is 9.59 Å². The number of carbonyl (C=O) groups is 2. The van der Waals surface area contributed by atoms with Gasteiger partial charge in [0, 0.05) is 32.5 Å². The summed E-state index contributed by atoms with van der Waals surface area (Å²) in [7, 11) is 2.03. The van der Waals surface area contributed by atoms with Crippen LogP contribution in [0.25, 0.3) is 0 Å². The molecule has 0 bridgehead atoms. The van der Waals surface area contributed by atoms with Crippen LogP contribution < -0.4 is 5.32 Å². The van der Waals surface area contributed by atoms with Gasteiger partial charge in [-0.05, 0) is 7.05 Å². The molecule has 2 aliphatic rings. The fourth-order valence-electron chi connectivity index (χ4n) is 2.97. The Balaban J connectivity index is 1.57. The summed E-state index contributed by atoms with van der Waals surface area (Å²) in [6.07, 6.45) is 4.27. The number of nitrogens with one attached hydrogen (secondary N) is 1. The van der Waals surface area contributed by atoms with Gasteiger partial charge in [-0.2, -0.15) is 0 Å². The largest absolute Gasteiger partial charge is 0.336 e. The Hall–Kier alpha value is -2.02. The lowest BCUT2D eigenvalue weighted by Gasteiger charge is -2.42. The highest BCUT2D eigenvalue weighted by atomic mass is 16.2. The number of nitrogens with zero attached hydrogens (tertiary/aromatic N) is 4. The third kappa shape index (κ3) is 2.94. The lowest BCUT2D eigenvalue weighted by atomic mass is 10.1. The summed E-state index contributed by atoms with van der Waals surface area (Å²) in [5.41, 5.74) is 0.580. The second-order valence-corrected chi connectivity index (χ2v) is 6.05. The number of hydrogen-bond donors (Lipinski definition) is 1. The highest BCUT2D eigenvalue weighted by Gasteiger charge is 2.41. The first-order chi connectivity index (χ1) is 10.6. The van der Waals surface area contributed by atoms with Gasteiger partial charge in [0.1, 0.15) is 5.82 Å². The average molecular weight is 303 g/mol. The van der Waals surface area contributed by atoms with Crippen molar-refractivity contribution in [1.29, 1.82) is 0 Å². The fourth-order valence-corrected chi connectivity index (χ4v) is 2.97. The predicted octanol–water partition coefficient (Wildman–Crippen LogP) is 0.140. The number of carbonyl (C=O) groups excluding carboxylic acids is 2. The van der Waals surface area contributed by atoms with E-state index in [9.17, 15) is 9.59 Å². The lowest BCUT2D eigenvalue weighted by molar-refractivity contribution is -0.132. The Morgan fingerprint density at radius 1 is 1.32 bits per heavy atom. The molecule has 2 saturated heterocycles. The van der Waals surface area contributed by atoms with Crippen molar-refractivity contribution in [2.24, 2.45) is 5.92 Å². The van der Waals surface area contributed by atoms with E-state index in [1.54, 1.807) is 12.4 Å². The molecule has 0 aliphatic carbocycles. The van der Waals surface area contributed by atoms with E-state index in [-0.39, 0.29) is 23.8 Å². The van der Waals surface area contributed by atoms with Crippen LogP contribution in [0.2, 0.25) is 0 Å². The monoisotopic (exact) mass is 303 g/mol. The Bertz CT molecular complexity index is 568. The molecule has 1 N–H and O–H groups in total. The maximum atomic E-state index is 12.3. The SMILES string of the molecule is CCc1ncc(NC(=O)C2CC(=O)N(C3CN(C)C3)C2)cn1. The molecule has 22 heavy (non-hydrogen) atoms. The molecule has 2 fully saturated rings. The van der Waals surface area contributed by atoms with Crippen molar-refractivity contribution in [2.75, 3.05) is 32.0 Å². The second-order valence-electron chi connectivity index (χ2n) is 6.05. The zero-order valence-corrected chi connectivity index (χ0v) is 13.0. The number of likely N-dealkylation sites (N-methyl/N-ethyl adjacent to an activating group) is 1. The lowest BCUT2D eigenvalue weighted by Crippen LogP contribution is -2.58. The highest BCUT2D eigenvalue weighted by Crippen LogP contribution is 2.25. The van der Waals surface area contributed by atoms with E-state index in [0.29, 0.717) is 18.7 Å². The Kier molecular flexibility index (Phi) is 4.06. The molecule has 0 aromatic carbocycles. The molecule has 0 saturated carbocycles. The van der Waals surface area contributed by atoms with Crippen LogP contribution in [0.4, 0.5) is 5.69 Å². The van der Waals surface area contributed by atoms with Crippen LogP contribution in [-0.2, 0) is 16.0 Å². The molecule has 1 atom stereocenters. The Morgan fingerprint density at radius 3 is 2.59 bits per heavy atom. The van der Waals surface area contributed by atoms with Gasteiger partial charge >= 0.3 is 0 Å². The molecule has 0 radical (unpaired) electrons. The summed E-state index contributed by atoms with van der Waals surface area (Å²) in [6, 6.07) is 0.266. The molecule has 118 valence electrons. The minimum Gasteiger partial charge on any atom is -0.336 e. The van der Waals surface area contributed by atoms with Gasteiger partial charge in [-0.3, -0.25) is 9.59 Å². The van der Waals surface area contributed by atoms with Crippen LogP contribution in [0.1, 0.15) is 19.2 Å². The Morgan fingerprint density at radius 2 is 2.00 bits per heavy atom. The second kappa shape index (κ2) is 6.00. The van der Waals surface area contributed by atoms with Gasteiger partial charge in [0.25, 0.3) is 0 Å². The van der Waals surface area contributed by atoms with Crippen LogP contribution in [0.3, 0.4) is 0 Å². The number of amides is 2. The van der Waals surface area contributed by atoms with Crippen molar-refractivity contribution in [3.05, 3.63) is 18.2 Å². The van der Waals surface area contributed by atoms with Crippen LogP contribution in [0.5, 0.6) is 0 Å². The minimum atomic E-state index is -0.288. The standard InChI is InChI=1S/C15H21N5O2/c1-3-13-16-5-11(6-17-13)18-15(22)10-4-14(21)20(7-10)12-8-19(2)9-12/h5-6,10,12H,3-4,7-9H2,1-2H3,(H,18,22). The van der Waals surface area contributed by atoms with Gasteiger partial charge < -0.3 is 15.1 Å². The molecule has 0 spiro atoms. The van der Waals surface area contributed by atoms with E-state index in [1.165, 1.54) is 0 Å². The van der Waals surface area contributed by atoms with Gasteiger partial charge in [0.15, 0.2) is 0 Å². The van der Waals surface area contributed by atoms with E-state index in [2.05, 4.69) is 20.2 Å². The van der Waals surface area contributed by atoms with E-state index in [1.807, 2.05) is 18.9 Å². The summed E-state index contributed by atoms with van der Waals surface area (Å²) in [6.45, 7) is 4.28. The molecule has 3 heterocycles. The van der Waals surface area contributed by atoms with E-state index >= 15 is 0 Å². The zero-order valence-electron chi connectivity index (χ0n) is 13.0. The minimum absolute atomic E-state index is 0.0795. The van der Waals surface area contributed by atoms with Crippen molar-refractivity contribution in [3.63, 3.8) is 0 Å². The molecule has 1 unspecified atom stereocenters. The number of aryl methyl sites for hydroxylation is 1. The zero-order chi connectivity index (χ0) is 15.7. The third-order valence-electron chi connectivity index (χ3n) is 4.30. The summed E-state index contributed by atoms with van der Waals surface area (Å²) < 4.78 is 0. The van der Waals surface area contributed by atoms with Crippen LogP contribution in [0, 0.1) is 5.92 Å². The normalized spacial score (nSPS) is 22.7. The first kappa shape index (κ1) is 14.9. The number of hydrogen-bond acceptors (Lipinski definition) is 5. The predicted molar refractivity (Wildman–Crippen MR) is 81.1 cm³/mol. The van der Waals surface area contributed by atoms with Crippen LogP contribution >= 0.6 is 0 Å². The molecule has 2 aliphatic heterocycles. The van der Waals surface area contributed by atoms with Crippen molar-refractivity contribution in [1.82, 2.24) is 19.8 Å². The molecule has 3 rings (SSSR count). The average Bonchev–Trinajstić information content (AvgIpc) is 2.86. The molecule has 7 nitrogen and oxygen atoms in total. The first-order valence-corrected chi connectivity index (χ1v) is 7.66. The van der Waals surface area contributed by atoms with Gasteiger partial charge in [-0.15, -0.1) is 0 Å². The molecule has 1 aromatic heterocycles.